The van der Waals surface area contributed by atoms with Crippen molar-refractivity contribution in [3.8, 4) is 0 Å². The number of nitrogens with one attached hydrogen (secondary N) is 2. The molecule has 3 atom stereocenters. The van der Waals surface area contributed by atoms with Crippen molar-refractivity contribution in [3.05, 3.63) is 29.6 Å². The Balaban J connectivity index is 1.83. The third kappa shape index (κ3) is 4.09. The highest BCUT2D eigenvalue weighted by atomic mass is 19.2. The maximum atomic E-state index is 14.0. The Bertz CT molecular complexity index is 866. The highest BCUT2D eigenvalue weighted by molar-refractivity contribution is 6.08. The van der Waals surface area contributed by atoms with E-state index in [-0.39, 0.29) is 17.4 Å². The predicted molar refractivity (Wildman–Crippen MR) is 103 cm³/mol. The average Bonchev–Trinajstić information content (AvgIpc) is 2.96. The minimum absolute atomic E-state index is 0.166. The van der Waals surface area contributed by atoms with Gasteiger partial charge in [-0.05, 0) is 18.6 Å². The molecule has 3 unspecified atom stereocenters. The van der Waals surface area contributed by atoms with Crippen LogP contribution in [0.4, 0.5) is 18.9 Å². The molecule has 0 radical (unpaired) electrons. The van der Waals surface area contributed by atoms with Crippen LogP contribution in [0.5, 0.6) is 0 Å². The summed E-state index contributed by atoms with van der Waals surface area (Å²) in [5, 5.41) is 5.62. The van der Waals surface area contributed by atoms with E-state index in [0.29, 0.717) is 19.5 Å². The summed E-state index contributed by atoms with van der Waals surface area (Å²) in [6.45, 7) is 6.98. The average molecular weight is 410 g/mol. The minimum atomic E-state index is -1.67. The lowest BCUT2D eigenvalue weighted by Crippen LogP contribution is -2.51. The van der Waals surface area contributed by atoms with Crippen molar-refractivity contribution in [3.63, 3.8) is 0 Å². The Morgan fingerprint density at radius 3 is 2.59 bits per heavy atom. The number of amidine groups is 1. The molecule has 2 aliphatic rings. The van der Waals surface area contributed by atoms with E-state index in [1.807, 2.05) is 20.8 Å². The van der Waals surface area contributed by atoms with Crippen LogP contribution in [-0.2, 0) is 9.59 Å². The third-order valence-electron chi connectivity index (χ3n) is 5.39. The summed E-state index contributed by atoms with van der Waals surface area (Å²) in [4.78, 5) is 31.5. The highest BCUT2D eigenvalue weighted by Crippen LogP contribution is 2.32. The maximum Gasteiger partial charge on any atom is 0.237 e. The maximum absolute atomic E-state index is 14.0. The molecule has 6 nitrogen and oxygen atoms in total. The molecule has 2 N–H and O–H groups in total. The number of benzene rings is 1. The van der Waals surface area contributed by atoms with Gasteiger partial charge in [0.05, 0.1) is 5.69 Å². The molecule has 158 valence electrons. The molecule has 0 aromatic heterocycles. The number of aliphatic imine (C=N–C) groups is 1. The van der Waals surface area contributed by atoms with Gasteiger partial charge in [0.1, 0.15) is 11.8 Å². The zero-order valence-electron chi connectivity index (χ0n) is 16.9. The molecule has 3 rings (SSSR count). The molecule has 9 heteroatoms. The first kappa shape index (κ1) is 21.1. The van der Waals surface area contributed by atoms with Crippen LogP contribution in [0.15, 0.2) is 17.1 Å². The van der Waals surface area contributed by atoms with E-state index in [9.17, 15) is 22.8 Å². The van der Waals surface area contributed by atoms with Gasteiger partial charge in [0.2, 0.25) is 11.8 Å². The van der Waals surface area contributed by atoms with Crippen molar-refractivity contribution >= 4 is 23.3 Å². The second-order valence-electron chi connectivity index (χ2n) is 8.59. The zero-order valence-corrected chi connectivity index (χ0v) is 16.9. The normalized spacial score (nSPS) is 24.9. The number of carbonyl (C=O) groups excluding carboxylic acids is 2. The number of anilines is 1. The molecule has 2 heterocycles. The fourth-order valence-electron chi connectivity index (χ4n) is 3.81. The number of carbonyl (C=O) groups is 2. The molecule has 0 aliphatic carbocycles. The van der Waals surface area contributed by atoms with Gasteiger partial charge in [-0.25, -0.2) is 13.2 Å². The second kappa shape index (κ2) is 7.68. The molecule has 0 saturated carbocycles. The first-order valence-corrected chi connectivity index (χ1v) is 9.51. The van der Waals surface area contributed by atoms with Gasteiger partial charge in [0.15, 0.2) is 17.5 Å². The molecule has 0 bridgehead atoms. The number of likely N-dealkylation sites (tertiary alicyclic amines) is 1. The minimum Gasteiger partial charge on any atom is -0.370 e. The SMILES string of the molecule is CN1CC(C2CCN=C(C(C)(C)C)N2)C(C(=O)Nc2ccc(F)c(F)c2F)C1=O. The topological polar surface area (TPSA) is 73.8 Å². The second-order valence-corrected chi connectivity index (χ2v) is 8.59. The molecule has 2 aliphatic heterocycles. The first-order chi connectivity index (χ1) is 13.5. The van der Waals surface area contributed by atoms with Crippen LogP contribution in [0, 0.1) is 34.7 Å². The summed E-state index contributed by atoms with van der Waals surface area (Å²) in [5.74, 6) is -6.27. The number of amides is 2. The Kier molecular flexibility index (Phi) is 5.60. The standard InChI is InChI=1S/C20H25F3N4O2/c1-20(2,3)19-24-8-7-12(26-19)10-9-27(4)18(29)14(10)17(28)25-13-6-5-11(21)15(22)16(13)23/h5-6,10,12,14H,7-9H2,1-4H3,(H,24,26)(H,25,28). The number of rotatable bonds is 3. The van der Waals surface area contributed by atoms with Crippen LogP contribution in [0.2, 0.25) is 0 Å². The summed E-state index contributed by atoms with van der Waals surface area (Å²) in [7, 11) is 1.60. The van der Waals surface area contributed by atoms with Crippen LogP contribution in [-0.4, -0.2) is 48.7 Å². The molecule has 1 aromatic carbocycles. The Morgan fingerprint density at radius 1 is 1.24 bits per heavy atom. The molecular weight excluding hydrogens is 385 g/mol. The van der Waals surface area contributed by atoms with E-state index < -0.39 is 40.9 Å². The van der Waals surface area contributed by atoms with Crippen molar-refractivity contribution in [2.75, 3.05) is 25.5 Å². The Morgan fingerprint density at radius 2 is 1.93 bits per heavy atom. The largest absolute Gasteiger partial charge is 0.370 e. The van der Waals surface area contributed by atoms with E-state index in [2.05, 4.69) is 15.6 Å². The molecule has 1 fully saturated rings. The van der Waals surface area contributed by atoms with Gasteiger partial charge < -0.3 is 15.5 Å². The molecule has 29 heavy (non-hydrogen) atoms. The fourth-order valence-corrected chi connectivity index (χ4v) is 3.81. The van der Waals surface area contributed by atoms with Gasteiger partial charge in [0, 0.05) is 37.5 Å². The van der Waals surface area contributed by atoms with Crippen LogP contribution in [0.25, 0.3) is 0 Å². The highest BCUT2D eigenvalue weighted by Gasteiger charge is 2.48. The summed E-state index contributed by atoms with van der Waals surface area (Å²) in [5.41, 5.74) is -0.705. The van der Waals surface area contributed by atoms with Gasteiger partial charge in [-0.2, -0.15) is 0 Å². The van der Waals surface area contributed by atoms with Gasteiger partial charge in [-0.3, -0.25) is 14.6 Å². The molecule has 1 aromatic rings. The lowest BCUT2D eigenvalue weighted by atomic mass is 9.83. The van der Waals surface area contributed by atoms with Gasteiger partial charge in [-0.1, -0.05) is 20.8 Å². The van der Waals surface area contributed by atoms with Crippen LogP contribution in [0.3, 0.4) is 0 Å². The molecule has 0 spiro atoms. The number of hydrogen-bond donors (Lipinski definition) is 2. The summed E-state index contributed by atoms with van der Waals surface area (Å²) in [6, 6.07) is 1.50. The lowest BCUT2D eigenvalue weighted by Gasteiger charge is -2.35. The van der Waals surface area contributed by atoms with E-state index >= 15 is 0 Å². The van der Waals surface area contributed by atoms with Gasteiger partial charge in [-0.15, -0.1) is 0 Å². The summed E-state index contributed by atoms with van der Waals surface area (Å²) < 4.78 is 40.6. The van der Waals surface area contributed by atoms with Crippen molar-refractivity contribution in [1.82, 2.24) is 10.2 Å². The monoisotopic (exact) mass is 410 g/mol. The Labute approximate surface area is 167 Å². The van der Waals surface area contributed by atoms with E-state index in [1.54, 1.807) is 7.05 Å². The van der Waals surface area contributed by atoms with Crippen LogP contribution < -0.4 is 10.6 Å². The Hall–Kier alpha value is -2.58. The molecular formula is C20H25F3N4O2. The third-order valence-corrected chi connectivity index (χ3v) is 5.39. The fraction of sp³-hybridized carbons (Fsp3) is 0.550. The van der Waals surface area contributed by atoms with Crippen molar-refractivity contribution < 1.29 is 22.8 Å². The number of nitrogens with zero attached hydrogens (tertiary/aromatic N) is 2. The molecule has 2 amide bonds. The van der Waals surface area contributed by atoms with E-state index in [1.165, 1.54) is 4.90 Å². The smallest absolute Gasteiger partial charge is 0.237 e. The van der Waals surface area contributed by atoms with Crippen molar-refractivity contribution in [1.29, 1.82) is 0 Å². The van der Waals surface area contributed by atoms with Crippen molar-refractivity contribution in [2.45, 2.75) is 33.2 Å². The van der Waals surface area contributed by atoms with E-state index in [4.69, 9.17) is 0 Å². The number of hydrogen-bond acceptors (Lipinski definition) is 4. The summed E-state index contributed by atoms with van der Waals surface area (Å²) in [6.07, 6.45) is 0.648. The number of halogens is 3. The first-order valence-electron chi connectivity index (χ1n) is 9.51. The van der Waals surface area contributed by atoms with Gasteiger partial charge in [0.25, 0.3) is 0 Å². The zero-order chi connectivity index (χ0) is 21.5. The lowest BCUT2D eigenvalue weighted by molar-refractivity contribution is -0.135. The van der Waals surface area contributed by atoms with Crippen LogP contribution >= 0.6 is 0 Å². The van der Waals surface area contributed by atoms with Crippen LogP contribution in [0.1, 0.15) is 27.2 Å². The predicted octanol–water partition coefficient (Wildman–Crippen LogP) is 2.55. The van der Waals surface area contributed by atoms with Gasteiger partial charge >= 0.3 is 0 Å². The molecule has 1 saturated heterocycles. The van der Waals surface area contributed by atoms with Crippen molar-refractivity contribution in [2.24, 2.45) is 22.2 Å². The summed E-state index contributed by atoms with van der Waals surface area (Å²) >= 11 is 0. The quantitative estimate of drug-likeness (QED) is 0.594. The van der Waals surface area contributed by atoms with E-state index in [0.717, 1.165) is 18.0 Å².